The van der Waals surface area contributed by atoms with Gasteiger partial charge in [-0.2, -0.15) is 0 Å². The van der Waals surface area contributed by atoms with Crippen molar-refractivity contribution in [2.75, 3.05) is 0 Å². The van der Waals surface area contributed by atoms with Crippen LogP contribution in [0.5, 0.6) is 0 Å². The molecule has 0 aliphatic heterocycles. The first-order valence-corrected chi connectivity index (χ1v) is 7.15. The fraction of sp³-hybridized carbons (Fsp3) is 0.118. The zero-order valence-electron chi connectivity index (χ0n) is 11.1. The van der Waals surface area contributed by atoms with E-state index in [2.05, 4.69) is 67.4 Å². The molecule has 0 saturated carbocycles. The molecular formula is C17H15NS. The first-order chi connectivity index (χ1) is 9.22. The van der Waals surface area contributed by atoms with Crippen molar-refractivity contribution in [2.45, 2.75) is 13.8 Å². The summed E-state index contributed by atoms with van der Waals surface area (Å²) in [6, 6.07) is 14.8. The molecule has 19 heavy (non-hydrogen) atoms. The van der Waals surface area contributed by atoms with Crippen molar-refractivity contribution in [2.24, 2.45) is 0 Å². The Kier molecular flexibility index (Phi) is 3.18. The summed E-state index contributed by atoms with van der Waals surface area (Å²) in [5, 5.41) is 1.06. The number of benzene rings is 2. The molecule has 0 amide bonds. The maximum absolute atomic E-state index is 4.61. The van der Waals surface area contributed by atoms with Gasteiger partial charge in [0, 0.05) is 0 Å². The second-order valence-corrected chi connectivity index (χ2v) is 5.78. The predicted octanol–water partition coefficient (Wildman–Crippen LogP) is 5.08. The summed E-state index contributed by atoms with van der Waals surface area (Å²) >= 11 is 1.73. The van der Waals surface area contributed by atoms with Gasteiger partial charge in [0.15, 0.2) is 0 Å². The van der Waals surface area contributed by atoms with E-state index in [0.717, 1.165) is 10.5 Å². The Morgan fingerprint density at radius 1 is 1.00 bits per heavy atom. The summed E-state index contributed by atoms with van der Waals surface area (Å²) in [5.74, 6) is 0. The monoisotopic (exact) mass is 265 g/mol. The molecule has 2 aromatic carbocycles. The van der Waals surface area contributed by atoms with E-state index < -0.39 is 0 Å². The van der Waals surface area contributed by atoms with Crippen molar-refractivity contribution in [1.82, 2.24) is 4.98 Å². The van der Waals surface area contributed by atoms with Gasteiger partial charge in [-0.1, -0.05) is 42.0 Å². The highest BCUT2D eigenvalue weighted by atomic mass is 32.1. The molecule has 0 aliphatic carbocycles. The fourth-order valence-electron chi connectivity index (χ4n) is 2.06. The van der Waals surface area contributed by atoms with E-state index >= 15 is 0 Å². The van der Waals surface area contributed by atoms with E-state index in [1.165, 1.54) is 21.4 Å². The molecule has 0 spiro atoms. The molecule has 0 N–H and O–H groups in total. The molecular weight excluding hydrogens is 250 g/mol. The number of rotatable bonds is 2. The Morgan fingerprint density at radius 3 is 2.68 bits per heavy atom. The molecule has 0 saturated heterocycles. The maximum atomic E-state index is 4.61. The second kappa shape index (κ2) is 4.98. The molecule has 0 radical (unpaired) electrons. The third kappa shape index (κ3) is 2.59. The summed E-state index contributed by atoms with van der Waals surface area (Å²) in [5.41, 5.74) is 4.92. The van der Waals surface area contributed by atoms with Crippen LogP contribution in [-0.2, 0) is 0 Å². The van der Waals surface area contributed by atoms with Crippen molar-refractivity contribution < 1.29 is 0 Å². The quantitative estimate of drug-likeness (QED) is 0.629. The minimum Gasteiger partial charge on any atom is -0.237 e. The summed E-state index contributed by atoms with van der Waals surface area (Å²) in [4.78, 5) is 4.61. The van der Waals surface area contributed by atoms with E-state index in [1.54, 1.807) is 11.3 Å². The largest absolute Gasteiger partial charge is 0.237 e. The van der Waals surface area contributed by atoms with Crippen molar-refractivity contribution in [3.63, 3.8) is 0 Å². The topological polar surface area (TPSA) is 12.9 Å². The zero-order chi connectivity index (χ0) is 13.2. The van der Waals surface area contributed by atoms with E-state index in [4.69, 9.17) is 0 Å². The van der Waals surface area contributed by atoms with Crippen LogP contribution < -0.4 is 0 Å². The molecule has 0 aliphatic rings. The van der Waals surface area contributed by atoms with Gasteiger partial charge in [0.1, 0.15) is 5.01 Å². The van der Waals surface area contributed by atoms with Crippen LogP contribution >= 0.6 is 11.3 Å². The van der Waals surface area contributed by atoms with Crippen molar-refractivity contribution in [3.05, 3.63) is 64.2 Å². The van der Waals surface area contributed by atoms with Crippen molar-refractivity contribution in [1.29, 1.82) is 0 Å². The number of aryl methyl sites for hydroxylation is 2. The van der Waals surface area contributed by atoms with Crippen LogP contribution in [-0.4, -0.2) is 4.98 Å². The number of hydrogen-bond donors (Lipinski definition) is 0. The average molecular weight is 265 g/mol. The average Bonchev–Trinajstić information content (AvgIpc) is 2.82. The Balaban J connectivity index is 1.95. The highest BCUT2D eigenvalue weighted by molar-refractivity contribution is 7.19. The number of hydrogen-bond acceptors (Lipinski definition) is 2. The molecule has 0 fully saturated rings. The van der Waals surface area contributed by atoms with Crippen LogP contribution in [0.3, 0.4) is 0 Å². The number of para-hydroxylation sites is 1. The number of fused-ring (bicyclic) bond motifs is 1. The standard InChI is InChI=1S/C17H15NS/c1-12-7-8-13(2)14(11-12)9-10-17-18-15-5-3-4-6-16(15)19-17/h3-11H,1-2H3/b10-9+. The number of aromatic nitrogens is 1. The summed E-state index contributed by atoms with van der Waals surface area (Å²) < 4.78 is 1.24. The molecule has 1 nitrogen and oxygen atoms in total. The van der Waals surface area contributed by atoms with Crippen LogP contribution in [0.1, 0.15) is 21.7 Å². The summed E-state index contributed by atoms with van der Waals surface area (Å²) in [7, 11) is 0. The fourth-order valence-corrected chi connectivity index (χ4v) is 2.93. The van der Waals surface area contributed by atoms with E-state index in [9.17, 15) is 0 Å². The predicted molar refractivity (Wildman–Crippen MR) is 84.5 cm³/mol. The summed E-state index contributed by atoms with van der Waals surface area (Å²) in [6.07, 6.45) is 4.26. The second-order valence-electron chi connectivity index (χ2n) is 4.71. The molecule has 1 heterocycles. The molecule has 94 valence electrons. The number of nitrogens with zero attached hydrogens (tertiary/aromatic N) is 1. The SMILES string of the molecule is Cc1ccc(C)c(/C=C/c2nc3ccccc3s2)c1. The Morgan fingerprint density at radius 2 is 1.84 bits per heavy atom. The van der Waals surface area contributed by atoms with Gasteiger partial charge >= 0.3 is 0 Å². The smallest absolute Gasteiger partial charge is 0.117 e. The third-order valence-electron chi connectivity index (χ3n) is 3.15. The van der Waals surface area contributed by atoms with Crippen molar-refractivity contribution >= 4 is 33.7 Å². The first-order valence-electron chi connectivity index (χ1n) is 6.33. The lowest BCUT2D eigenvalue weighted by Crippen LogP contribution is -1.81. The van der Waals surface area contributed by atoms with Gasteiger partial charge in [-0.25, -0.2) is 4.98 Å². The lowest BCUT2D eigenvalue weighted by Gasteiger charge is -2.00. The highest BCUT2D eigenvalue weighted by Crippen LogP contribution is 2.23. The molecule has 3 aromatic rings. The Bertz CT molecular complexity index is 720. The highest BCUT2D eigenvalue weighted by Gasteiger charge is 2.00. The van der Waals surface area contributed by atoms with Gasteiger partial charge in [0.05, 0.1) is 10.2 Å². The van der Waals surface area contributed by atoms with E-state index in [0.29, 0.717) is 0 Å². The van der Waals surface area contributed by atoms with E-state index in [1.807, 2.05) is 6.07 Å². The van der Waals surface area contributed by atoms with Crippen LogP contribution in [0.15, 0.2) is 42.5 Å². The summed E-state index contributed by atoms with van der Waals surface area (Å²) in [6.45, 7) is 4.26. The molecule has 3 rings (SSSR count). The molecule has 2 heteroatoms. The van der Waals surface area contributed by atoms with Crippen molar-refractivity contribution in [3.8, 4) is 0 Å². The van der Waals surface area contributed by atoms with Gasteiger partial charge in [0.25, 0.3) is 0 Å². The third-order valence-corrected chi connectivity index (χ3v) is 4.15. The molecule has 1 aromatic heterocycles. The van der Waals surface area contributed by atoms with E-state index in [-0.39, 0.29) is 0 Å². The molecule has 0 atom stereocenters. The first kappa shape index (κ1) is 12.1. The van der Waals surface area contributed by atoms with Gasteiger partial charge in [0.2, 0.25) is 0 Å². The minimum absolute atomic E-state index is 1.06. The van der Waals surface area contributed by atoms with Crippen LogP contribution in [0, 0.1) is 13.8 Å². The molecule has 0 bridgehead atoms. The van der Waals surface area contributed by atoms with Crippen LogP contribution in [0.4, 0.5) is 0 Å². The van der Waals surface area contributed by atoms with Crippen LogP contribution in [0.25, 0.3) is 22.4 Å². The molecule has 0 unspecified atom stereocenters. The van der Waals surface area contributed by atoms with Gasteiger partial charge in [-0.3, -0.25) is 0 Å². The normalized spacial score (nSPS) is 11.5. The number of thiazole rings is 1. The maximum Gasteiger partial charge on any atom is 0.117 e. The van der Waals surface area contributed by atoms with Crippen LogP contribution in [0.2, 0.25) is 0 Å². The zero-order valence-corrected chi connectivity index (χ0v) is 11.9. The van der Waals surface area contributed by atoms with Gasteiger partial charge in [-0.15, -0.1) is 11.3 Å². The lowest BCUT2D eigenvalue weighted by molar-refractivity contribution is 1.38. The Hall–Kier alpha value is -1.93. The lowest BCUT2D eigenvalue weighted by atomic mass is 10.1. The van der Waals surface area contributed by atoms with Gasteiger partial charge < -0.3 is 0 Å². The van der Waals surface area contributed by atoms with Gasteiger partial charge in [-0.05, 0) is 43.2 Å². The minimum atomic E-state index is 1.06. The Labute approximate surface area is 117 Å².